The Morgan fingerprint density at radius 2 is 2.21 bits per heavy atom. The molecule has 0 aromatic heterocycles. The SMILES string of the molecule is Cc1cccc(N)c1SC(C)CCO. The molecule has 3 N–H and O–H groups in total. The van der Waals surface area contributed by atoms with E-state index in [9.17, 15) is 0 Å². The number of anilines is 1. The van der Waals surface area contributed by atoms with E-state index in [1.807, 2.05) is 12.1 Å². The molecule has 1 rings (SSSR count). The molecule has 0 amide bonds. The van der Waals surface area contributed by atoms with E-state index in [4.69, 9.17) is 10.8 Å². The second kappa shape index (κ2) is 5.27. The number of aryl methyl sites for hydroxylation is 1. The molecule has 2 nitrogen and oxygen atoms in total. The number of nitrogen functional groups attached to an aromatic ring is 1. The predicted molar refractivity (Wildman–Crippen MR) is 62.6 cm³/mol. The quantitative estimate of drug-likeness (QED) is 0.594. The summed E-state index contributed by atoms with van der Waals surface area (Å²) in [5, 5.41) is 9.21. The van der Waals surface area contributed by atoms with E-state index in [0.717, 1.165) is 17.0 Å². The molecular weight excluding hydrogens is 194 g/mol. The lowest BCUT2D eigenvalue weighted by atomic mass is 10.2. The van der Waals surface area contributed by atoms with Crippen molar-refractivity contribution >= 4 is 17.4 Å². The first kappa shape index (κ1) is 11.4. The molecular formula is C11H17NOS. The largest absolute Gasteiger partial charge is 0.398 e. The van der Waals surface area contributed by atoms with Gasteiger partial charge < -0.3 is 10.8 Å². The molecule has 0 fully saturated rings. The third-order valence-electron chi connectivity index (χ3n) is 2.10. The first-order valence-corrected chi connectivity index (χ1v) is 5.65. The van der Waals surface area contributed by atoms with Crippen LogP contribution < -0.4 is 5.73 Å². The summed E-state index contributed by atoms with van der Waals surface area (Å²) >= 11 is 1.74. The summed E-state index contributed by atoms with van der Waals surface area (Å²) < 4.78 is 0. The molecule has 78 valence electrons. The molecule has 3 heteroatoms. The fraction of sp³-hybridized carbons (Fsp3) is 0.455. The zero-order valence-corrected chi connectivity index (χ0v) is 9.47. The van der Waals surface area contributed by atoms with E-state index >= 15 is 0 Å². The van der Waals surface area contributed by atoms with Crippen LogP contribution in [0.25, 0.3) is 0 Å². The molecule has 0 heterocycles. The molecule has 0 radical (unpaired) electrons. The summed E-state index contributed by atoms with van der Waals surface area (Å²) in [4.78, 5) is 1.15. The van der Waals surface area contributed by atoms with Crippen LogP contribution in [0.15, 0.2) is 23.1 Å². The summed E-state index contributed by atoms with van der Waals surface area (Å²) in [5.74, 6) is 0. The number of nitrogens with two attached hydrogens (primary N) is 1. The van der Waals surface area contributed by atoms with E-state index in [0.29, 0.717) is 5.25 Å². The topological polar surface area (TPSA) is 46.2 Å². The van der Waals surface area contributed by atoms with Crippen LogP contribution in [0.2, 0.25) is 0 Å². The van der Waals surface area contributed by atoms with Crippen molar-refractivity contribution in [2.75, 3.05) is 12.3 Å². The molecule has 14 heavy (non-hydrogen) atoms. The number of benzene rings is 1. The van der Waals surface area contributed by atoms with Crippen LogP contribution in [-0.4, -0.2) is 17.0 Å². The minimum absolute atomic E-state index is 0.236. The Morgan fingerprint density at radius 1 is 1.50 bits per heavy atom. The molecule has 0 bridgehead atoms. The molecule has 1 unspecified atom stereocenters. The molecule has 0 saturated heterocycles. The minimum Gasteiger partial charge on any atom is -0.398 e. The third-order valence-corrected chi connectivity index (χ3v) is 3.53. The summed E-state index contributed by atoms with van der Waals surface area (Å²) in [5.41, 5.74) is 7.92. The van der Waals surface area contributed by atoms with Crippen LogP contribution in [-0.2, 0) is 0 Å². The minimum atomic E-state index is 0.236. The van der Waals surface area contributed by atoms with Gasteiger partial charge in [0.15, 0.2) is 0 Å². The Labute approximate surface area is 89.5 Å². The number of aliphatic hydroxyl groups excluding tert-OH is 1. The number of hydrogen-bond donors (Lipinski definition) is 2. The first-order valence-electron chi connectivity index (χ1n) is 4.77. The van der Waals surface area contributed by atoms with Gasteiger partial charge in [-0.15, -0.1) is 11.8 Å². The second-order valence-corrected chi connectivity index (χ2v) is 4.88. The van der Waals surface area contributed by atoms with Gasteiger partial charge in [-0.1, -0.05) is 19.1 Å². The van der Waals surface area contributed by atoms with Crippen molar-refractivity contribution in [1.29, 1.82) is 0 Å². The summed E-state index contributed by atoms with van der Waals surface area (Å²) in [6, 6.07) is 5.94. The third kappa shape index (κ3) is 2.93. The van der Waals surface area contributed by atoms with Gasteiger partial charge in [-0.05, 0) is 25.0 Å². The predicted octanol–water partition coefficient (Wildman–Crippen LogP) is 2.44. The van der Waals surface area contributed by atoms with Gasteiger partial charge in [0.25, 0.3) is 0 Å². The zero-order valence-electron chi connectivity index (χ0n) is 8.66. The van der Waals surface area contributed by atoms with Gasteiger partial charge in [0.05, 0.1) is 0 Å². The van der Waals surface area contributed by atoms with Crippen molar-refractivity contribution in [3.8, 4) is 0 Å². The maximum atomic E-state index is 8.81. The maximum Gasteiger partial charge on any atom is 0.0455 e. The van der Waals surface area contributed by atoms with Gasteiger partial charge in [0, 0.05) is 22.4 Å². The van der Waals surface area contributed by atoms with Gasteiger partial charge in [0.1, 0.15) is 0 Å². The van der Waals surface area contributed by atoms with E-state index in [1.165, 1.54) is 5.56 Å². The van der Waals surface area contributed by atoms with Crippen molar-refractivity contribution in [1.82, 2.24) is 0 Å². The Bertz CT molecular complexity index is 281. The lowest BCUT2D eigenvalue weighted by Gasteiger charge is -2.13. The standard InChI is InChI=1S/C11H17NOS/c1-8-4-3-5-10(12)11(8)14-9(2)6-7-13/h3-5,9,13H,6-7,12H2,1-2H3. The Kier molecular flexibility index (Phi) is 4.29. The highest BCUT2D eigenvalue weighted by Crippen LogP contribution is 2.32. The molecule has 0 saturated carbocycles. The Morgan fingerprint density at radius 3 is 2.79 bits per heavy atom. The summed E-state index contributed by atoms with van der Waals surface area (Å²) in [6.07, 6.45) is 0.804. The lowest BCUT2D eigenvalue weighted by molar-refractivity contribution is 0.289. The van der Waals surface area contributed by atoms with Crippen molar-refractivity contribution < 1.29 is 5.11 Å². The van der Waals surface area contributed by atoms with Crippen molar-refractivity contribution in [2.45, 2.75) is 30.4 Å². The van der Waals surface area contributed by atoms with E-state index < -0.39 is 0 Å². The van der Waals surface area contributed by atoms with Crippen molar-refractivity contribution in [3.05, 3.63) is 23.8 Å². The average Bonchev–Trinajstić information content (AvgIpc) is 2.12. The van der Waals surface area contributed by atoms with E-state index in [-0.39, 0.29) is 6.61 Å². The highest BCUT2D eigenvalue weighted by molar-refractivity contribution is 8.00. The second-order valence-electron chi connectivity index (χ2n) is 3.43. The summed E-state index contributed by atoms with van der Waals surface area (Å²) in [7, 11) is 0. The monoisotopic (exact) mass is 211 g/mol. The Balaban J connectivity index is 2.75. The number of rotatable bonds is 4. The fourth-order valence-electron chi connectivity index (χ4n) is 1.28. The smallest absolute Gasteiger partial charge is 0.0455 e. The van der Waals surface area contributed by atoms with Gasteiger partial charge in [-0.25, -0.2) is 0 Å². The first-order chi connectivity index (χ1) is 6.65. The van der Waals surface area contributed by atoms with Gasteiger partial charge in [-0.3, -0.25) is 0 Å². The lowest BCUT2D eigenvalue weighted by Crippen LogP contribution is -2.01. The zero-order chi connectivity index (χ0) is 10.6. The number of thioether (sulfide) groups is 1. The number of hydrogen-bond acceptors (Lipinski definition) is 3. The highest BCUT2D eigenvalue weighted by Gasteiger charge is 2.08. The van der Waals surface area contributed by atoms with Crippen LogP contribution >= 0.6 is 11.8 Å². The highest BCUT2D eigenvalue weighted by atomic mass is 32.2. The summed E-state index contributed by atoms with van der Waals surface area (Å²) in [6.45, 7) is 4.40. The van der Waals surface area contributed by atoms with E-state index in [2.05, 4.69) is 19.9 Å². The average molecular weight is 211 g/mol. The Hall–Kier alpha value is -0.670. The number of aliphatic hydroxyl groups is 1. The molecule has 0 aliphatic rings. The van der Waals surface area contributed by atoms with E-state index in [1.54, 1.807) is 11.8 Å². The molecule has 0 spiro atoms. The molecule has 1 atom stereocenters. The van der Waals surface area contributed by atoms with Gasteiger partial charge >= 0.3 is 0 Å². The molecule has 0 aliphatic carbocycles. The van der Waals surface area contributed by atoms with Gasteiger partial charge in [0.2, 0.25) is 0 Å². The van der Waals surface area contributed by atoms with Crippen molar-refractivity contribution in [2.24, 2.45) is 0 Å². The molecule has 1 aromatic carbocycles. The maximum absolute atomic E-state index is 8.81. The normalized spacial score (nSPS) is 12.8. The van der Waals surface area contributed by atoms with Crippen LogP contribution in [0.1, 0.15) is 18.9 Å². The van der Waals surface area contributed by atoms with Crippen LogP contribution in [0.4, 0.5) is 5.69 Å². The van der Waals surface area contributed by atoms with Crippen LogP contribution in [0.3, 0.4) is 0 Å². The molecule has 0 aliphatic heterocycles. The van der Waals surface area contributed by atoms with Crippen LogP contribution in [0.5, 0.6) is 0 Å². The fourth-order valence-corrected chi connectivity index (χ4v) is 2.36. The van der Waals surface area contributed by atoms with Crippen molar-refractivity contribution in [3.63, 3.8) is 0 Å². The molecule has 1 aromatic rings. The van der Waals surface area contributed by atoms with Gasteiger partial charge in [-0.2, -0.15) is 0 Å². The van der Waals surface area contributed by atoms with Crippen LogP contribution in [0, 0.1) is 6.92 Å².